The molecule has 102 valence electrons. The summed E-state index contributed by atoms with van der Waals surface area (Å²) in [6, 6.07) is 7.34. The molecule has 0 aliphatic carbocycles. The molecule has 0 bridgehead atoms. The quantitative estimate of drug-likeness (QED) is 0.927. The number of benzene rings is 1. The van der Waals surface area contributed by atoms with Crippen molar-refractivity contribution in [3.63, 3.8) is 0 Å². The van der Waals surface area contributed by atoms with Gasteiger partial charge in [-0.15, -0.1) is 0 Å². The monoisotopic (exact) mass is 326 g/mol. The van der Waals surface area contributed by atoms with Crippen molar-refractivity contribution in [1.82, 2.24) is 4.90 Å². The molecule has 6 heteroatoms. The number of carboxylic acids is 1. The summed E-state index contributed by atoms with van der Waals surface area (Å²) in [7, 11) is 1.69. The molecule has 1 aromatic rings. The van der Waals surface area contributed by atoms with Crippen molar-refractivity contribution < 1.29 is 14.7 Å². The normalized spacial score (nSPS) is 19.7. The van der Waals surface area contributed by atoms with Crippen molar-refractivity contribution in [3.8, 4) is 0 Å². The predicted molar refractivity (Wildman–Crippen MR) is 75.3 cm³/mol. The summed E-state index contributed by atoms with van der Waals surface area (Å²) in [5.41, 5.74) is 0.773. The van der Waals surface area contributed by atoms with Gasteiger partial charge in [0.15, 0.2) is 0 Å². The van der Waals surface area contributed by atoms with Gasteiger partial charge in [-0.2, -0.15) is 0 Å². The van der Waals surface area contributed by atoms with Crippen LogP contribution in [0.3, 0.4) is 0 Å². The van der Waals surface area contributed by atoms with Gasteiger partial charge in [0, 0.05) is 30.5 Å². The Balaban J connectivity index is 2.25. The number of nitrogens with zero attached hydrogens (tertiary/aromatic N) is 2. The summed E-state index contributed by atoms with van der Waals surface area (Å²) in [6.07, 6.45) is 0.0680. The van der Waals surface area contributed by atoms with Crippen molar-refractivity contribution in [2.45, 2.75) is 6.42 Å². The fraction of sp³-hybridized carbons (Fsp3) is 0.385. The predicted octanol–water partition coefficient (Wildman–Crippen LogP) is 2.41. The van der Waals surface area contributed by atoms with Gasteiger partial charge >= 0.3 is 12.0 Å². The molecule has 1 unspecified atom stereocenters. The average Bonchev–Trinajstić information content (AvgIpc) is 2.34. The van der Waals surface area contributed by atoms with E-state index in [0.717, 1.165) is 10.2 Å². The van der Waals surface area contributed by atoms with E-state index in [9.17, 15) is 9.59 Å². The van der Waals surface area contributed by atoms with Crippen LogP contribution in [0.1, 0.15) is 6.42 Å². The van der Waals surface area contributed by atoms with Crippen LogP contribution >= 0.6 is 15.9 Å². The minimum Gasteiger partial charge on any atom is -0.481 e. The second-order valence-corrected chi connectivity index (χ2v) is 5.54. The van der Waals surface area contributed by atoms with Crippen molar-refractivity contribution in [3.05, 3.63) is 28.7 Å². The number of para-hydroxylation sites is 1. The number of halogens is 1. The van der Waals surface area contributed by atoms with Gasteiger partial charge in [0.2, 0.25) is 0 Å². The van der Waals surface area contributed by atoms with E-state index in [1.807, 2.05) is 24.3 Å². The topological polar surface area (TPSA) is 60.9 Å². The van der Waals surface area contributed by atoms with Gasteiger partial charge in [-0.25, -0.2) is 4.79 Å². The smallest absolute Gasteiger partial charge is 0.324 e. The van der Waals surface area contributed by atoms with Gasteiger partial charge < -0.3 is 10.0 Å². The van der Waals surface area contributed by atoms with Crippen molar-refractivity contribution >= 4 is 33.6 Å². The van der Waals surface area contributed by atoms with Crippen molar-refractivity contribution in [1.29, 1.82) is 0 Å². The summed E-state index contributed by atoms with van der Waals surface area (Å²) >= 11 is 3.42. The Labute approximate surface area is 119 Å². The number of carbonyl (C=O) groups is 2. The molecule has 2 amide bonds. The lowest BCUT2D eigenvalue weighted by molar-refractivity contribution is -0.138. The standard InChI is InChI=1S/C13H15BrN2O3/c1-15-7-9(6-12(17)18)8-16(13(15)19)11-5-3-2-4-10(11)14/h2-5,9H,6-8H2,1H3,(H,17,18). The number of hydrogen-bond donors (Lipinski definition) is 1. The molecule has 0 spiro atoms. The molecule has 5 nitrogen and oxygen atoms in total. The van der Waals surface area contributed by atoms with Gasteiger partial charge in [0.25, 0.3) is 0 Å². The SMILES string of the molecule is CN1CC(CC(=O)O)CN(c2ccccc2Br)C1=O. The molecular formula is C13H15BrN2O3. The molecule has 1 aromatic carbocycles. The van der Waals surface area contributed by atoms with E-state index in [1.165, 1.54) is 0 Å². The molecule has 1 N–H and O–H groups in total. The molecule has 1 atom stereocenters. The number of anilines is 1. The van der Waals surface area contributed by atoms with Crippen LogP contribution in [0.5, 0.6) is 0 Å². The van der Waals surface area contributed by atoms with Crippen LogP contribution < -0.4 is 4.90 Å². The van der Waals surface area contributed by atoms with E-state index in [4.69, 9.17) is 5.11 Å². The largest absolute Gasteiger partial charge is 0.481 e. The number of carboxylic acid groups (broad SMARTS) is 1. The van der Waals surface area contributed by atoms with Crippen LogP contribution in [-0.2, 0) is 4.79 Å². The zero-order valence-corrected chi connectivity index (χ0v) is 12.1. The van der Waals surface area contributed by atoms with E-state index < -0.39 is 5.97 Å². The van der Waals surface area contributed by atoms with E-state index >= 15 is 0 Å². The first-order chi connectivity index (χ1) is 8.99. The third-order valence-electron chi connectivity index (χ3n) is 3.14. The van der Waals surface area contributed by atoms with Crippen molar-refractivity contribution in [2.75, 3.05) is 25.0 Å². The highest BCUT2D eigenvalue weighted by Crippen LogP contribution is 2.29. The molecule has 0 radical (unpaired) electrons. The highest BCUT2D eigenvalue weighted by Gasteiger charge is 2.32. The Morgan fingerprint density at radius 2 is 2.11 bits per heavy atom. The Morgan fingerprint density at radius 1 is 1.42 bits per heavy atom. The Kier molecular flexibility index (Phi) is 4.09. The second-order valence-electron chi connectivity index (χ2n) is 4.69. The van der Waals surface area contributed by atoms with E-state index in [-0.39, 0.29) is 18.4 Å². The summed E-state index contributed by atoms with van der Waals surface area (Å²) in [4.78, 5) is 26.2. The Hall–Kier alpha value is -1.56. The highest BCUT2D eigenvalue weighted by atomic mass is 79.9. The zero-order chi connectivity index (χ0) is 14.0. The van der Waals surface area contributed by atoms with Crippen LogP contribution in [0.4, 0.5) is 10.5 Å². The van der Waals surface area contributed by atoms with Crippen molar-refractivity contribution in [2.24, 2.45) is 5.92 Å². The van der Waals surface area contributed by atoms with Crippen LogP contribution in [-0.4, -0.2) is 42.1 Å². The first-order valence-electron chi connectivity index (χ1n) is 5.98. The molecule has 1 heterocycles. The maximum absolute atomic E-state index is 12.2. The number of carbonyl (C=O) groups excluding carboxylic acids is 1. The molecule has 0 saturated carbocycles. The van der Waals surface area contributed by atoms with E-state index in [1.54, 1.807) is 16.8 Å². The second kappa shape index (κ2) is 5.61. The van der Waals surface area contributed by atoms with Gasteiger partial charge in [0.1, 0.15) is 0 Å². The molecule has 19 heavy (non-hydrogen) atoms. The first-order valence-corrected chi connectivity index (χ1v) is 6.77. The lowest BCUT2D eigenvalue weighted by Gasteiger charge is -2.38. The third kappa shape index (κ3) is 3.07. The van der Waals surface area contributed by atoms with Crippen LogP contribution in [0.15, 0.2) is 28.7 Å². The lowest BCUT2D eigenvalue weighted by Crippen LogP contribution is -2.52. The minimum atomic E-state index is -0.833. The molecule has 1 fully saturated rings. The summed E-state index contributed by atoms with van der Waals surface area (Å²) in [6.45, 7) is 0.907. The molecule has 0 aromatic heterocycles. The summed E-state index contributed by atoms with van der Waals surface area (Å²) in [5.74, 6) is -0.896. The summed E-state index contributed by atoms with van der Waals surface area (Å²) < 4.78 is 0.827. The molecule has 1 aliphatic heterocycles. The number of hydrogen-bond acceptors (Lipinski definition) is 2. The van der Waals surface area contributed by atoms with Gasteiger partial charge in [-0.05, 0) is 28.1 Å². The number of urea groups is 1. The average molecular weight is 327 g/mol. The van der Waals surface area contributed by atoms with Crippen LogP contribution in [0, 0.1) is 5.92 Å². The number of amides is 2. The lowest BCUT2D eigenvalue weighted by atomic mass is 10.0. The fourth-order valence-corrected chi connectivity index (χ4v) is 2.81. The van der Waals surface area contributed by atoms with Gasteiger partial charge in [-0.1, -0.05) is 12.1 Å². The third-order valence-corrected chi connectivity index (χ3v) is 3.81. The van der Waals surface area contributed by atoms with Crippen LogP contribution in [0.25, 0.3) is 0 Å². The fourth-order valence-electron chi connectivity index (χ4n) is 2.31. The first kappa shape index (κ1) is 13.9. The summed E-state index contributed by atoms with van der Waals surface area (Å²) in [5, 5.41) is 8.90. The van der Waals surface area contributed by atoms with E-state index in [2.05, 4.69) is 15.9 Å². The van der Waals surface area contributed by atoms with E-state index in [0.29, 0.717) is 13.1 Å². The Bertz CT molecular complexity index is 506. The minimum absolute atomic E-state index is 0.0627. The molecule has 1 saturated heterocycles. The highest BCUT2D eigenvalue weighted by molar-refractivity contribution is 9.10. The molecule has 2 rings (SSSR count). The maximum atomic E-state index is 12.2. The van der Waals surface area contributed by atoms with Crippen LogP contribution in [0.2, 0.25) is 0 Å². The van der Waals surface area contributed by atoms with Gasteiger partial charge in [-0.3, -0.25) is 9.69 Å². The maximum Gasteiger partial charge on any atom is 0.324 e. The molecular weight excluding hydrogens is 312 g/mol. The molecule has 1 aliphatic rings. The number of aliphatic carboxylic acids is 1. The Morgan fingerprint density at radius 3 is 2.74 bits per heavy atom. The zero-order valence-electron chi connectivity index (χ0n) is 10.5. The number of rotatable bonds is 3. The van der Waals surface area contributed by atoms with Gasteiger partial charge in [0.05, 0.1) is 12.1 Å².